The van der Waals surface area contributed by atoms with Gasteiger partial charge in [-0.1, -0.05) is 26.7 Å². The van der Waals surface area contributed by atoms with Gasteiger partial charge in [0.15, 0.2) is 0 Å². The quantitative estimate of drug-likeness (QED) is 0.551. The molecule has 1 rings (SSSR count). The van der Waals surface area contributed by atoms with Crippen LogP contribution in [0.2, 0.25) is 0 Å². The summed E-state index contributed by atoms with van der Waals surface area (Å²) in [7, 11) is 1.26. The van der Waals surface area contributed by atoms with Gasteiger partial charge in [-0.25, -0.2) is 4.79 Å². The number of nitrogens with two attached hydrogens (primary N) is 1. The van der Waals surface area contributed by atoms with Crippen LogP contribution in [0.1, 0.15) is 52.9 Å². The van der Waals surface area contributed by atoms with E-state index >= 15 is 0 Å². The van der Waals surface area contributed by atoms with Gasteiger partial charge in [0.25, 0.3) is 0 Å². The van der Waals surface area contributed by atoms with Gasteiger partial charge in [0.2, 0.25) is 5.91 Å². The molecule has 4 N–H and O–H groups in total. The molecular formula is C17H30N2O5S. The van der Waals surface area contributed by atoms with Crippen LogP contribution in [0.15, 0.2) is 0 Å². The van der Waals surface area contributed by atoms with Crippen LogP contribution in [0.5, 0.6) is 0 Å². The summed E-state index contributed by atoms with van der Waals surface area (Å²) in [4.78, 5) is 34.8. The zero-order chi connectivity index (χ0) is 19.3. The monoisotopic (exact) mass is 374 g/mol. The number of esters is 1. The lowest BCUT2D eigenvalue weighted by atomic mass is 9.69. The van der Waals surface area contributed by atoms with Gasteiger partial charge in [-0.3, -0.25) is 9.59 Å². The Balaban J connectivity index is 2.75. The van der Waals surface area contributed by atoms with Crippen molar-refractivity contribution in [3.05, 3.63) is 0 Å². The summed E-state index contributed by atoms with van der Waals surface area (Å²) >= 11 is 1.65. The molecule has 1 saturated carbocycles. The standard InChI is InChI=1S/C17H30N2O5S/c1-16(2)7-5-6-8-17(16,3)25-10-12(15(23)24-4)19-14(22)11(18)9-13(20)21/h11-12H,5-10,18H2,1-4H3,(H,19,22)(H,20,21)/t11-,12-,17?/m0/s1. The molecule has 0 aromatic heterocycles. The van der Waals surface area contributed by atoms with E-state index in [-0.39, 0.29) is 10.2 Å². The Kier molecular flexibility index (Phi) is 7.74. The van der Waals surface area contributed by atoms with E-state index in [4.69, 9.17) is 15.6 Å². The molecule has 1 aliphatic rings. The van der Waals surface area contributed by atoms with Crippen LogP contribution >= 0.6 is 11.8 Å². The average Bonchev–Trinajstić information content (AvgIpc) is 2.52. The number of aliphatic carboxylic acids is 1. The summed E-state index contributed by atoms with van der Waals surface area (Å²) in [5, 5.41) is 11.3. The molecule has 0 aromatic rings. The van der Waals surface area contributed by atoms with E-state index in [0.29, 0.717) is 5.75 Å². The topological polar surface area (TPSA) is 119 Å². The maximum absolute atomic E-state index is 12.1. The van der Waals surface area contributed by atoms with Gasteiger partial charge < -0.3 is 20.9 Å². The molecule has 0 spiro atoms. The van der Waals surface area contributed by atoms with Gasteiger partial charge in [-0.2, -0.15) is 11.8 Å². The fourth-order valence-corrected chi connectivity index (χ4v) is 4.57. The van der Waals surface area contributed by atoms with Gasteiger partial charge in [-0.15, -0.1) is 0 Å². The third-order valence-corrected chi connectivity index (χ3v) is 7.13. The normalized spacial score (nSPS) is 24.8. The first kappa shape index (κ1) is 21.8. The number of carboxylic acids is 1. The van der Waals surface area contributed by atoms with Gasteiger partial charge in [-0.05, 0) is 25.2 Å². The second kappa shape index (κ2) is 8.89. The Bertz CT molecular complexity index is 511. The number of hydrogen-bond acceptors (Lipinski definition) is 6. The molecule has 0 bridgehead atoms. The van der Waals surface area contributed by atoms with Gasteiger partial charge in [0, 0.05) is 10.5 Å². The van der Waals surface area contributed by atoms with Crippen molar-refractivity contribution in [1.29, 1.82) is 0 Å². The van der Waals surface area contributed by atoms with Crippen molar-refractivity contribution in [2.24, 2.45) is 11.1 Å². The van der Waals surface area contributed by atoms with Crippen LogP contribution in [0.25, 0.3) is 0 Å². The second-order valence-corrected chi connectivity index (χ2v) is 8.94. The summed E-state index contributed by atoms with van der Waals surface area (Å²) in [6, 6.07) is -2.05. The van der Waals surface area contributed by atoms with E-state index in [9.17, 15) is 14.4 Å². The lowest BCUT2D eigenvalue weighted by Gasteiger charge is -2.48. The molecule has 7 nitrogen and oxygen atoms in total. The average molecular weight is 375 g/mol. The molecule has 8 heteroatoms. The van der Waals surface area contributed by atoms with Crippen molar-refractivity contribution in [2.45, 2.75) is 69.7 Å². The summed E-state index contributed by atoms with van der Waals surface area (Å²) in [5.41, 5.74) is 5.69. The molecule has 144 valence electrons. The predicted molar refractivity (Wildman–Crippen MR) is 97.3 cm³/mol. The number of carbonyl (C=O) groups excluding carboxylic acids is 2. The lowest BCUT2D eigenvalue weighted by Crippen LogP contribution is -2.51. The van der Waals surface area contributed by atoms with Gasteiger partial charge >= 0.3 is 11.9 Å². The van der Waals surface area contributed by atoms with E-state index < -0.39 is 36.4 Å². The van der Waals surface area contributed by atoms with E-state index in [1.807, 2.05) is 0 Å². The van der Waals surface area contributed by atoms with E-state index in [2.05, 4.69) is 26.1 Å². The number of amides is 1. The van der Waals surface area contributed by atoms with Gasteiger partial charge in [0.05, 0.1) is 19.6 Å². The van der Waals surface area contributed by atoms with E-state index in [1.165, 1.54) is 13.5 Å². The third-order valence-electron chi connectivity index (χ3n) is 5.24. The maximum atomic E-state index is 12.1. The third kappa shape index (κ3) is 5.88. The van der Waals surface area contributed by atoms with Gasteiger partial charge in [0.1, 0.15) is 6.04 Å². The molecule has 1 amide bonds. The first-order valence-corrected chi connectivity index (χ1v) is 9.50. The lowest BCUT2D eigenvalue weighted by molar-refractivity contribution is -0.144. The van der Waals surface area contributed by atoms with E-state index in [1.54, 1.807) is 11.8 Å². The minimum absolute atomic E-state index is 0.00850. The maximum Gasteiger partial charge on any atom is 0.329 e. The number of ether oxygens (including phenoxy) is 1. The molecule has 0 heterocycles. The van der Waals surface area contributed by atoms with Crippen molar-refractivity contribution in [3.63, 3.8) is 0 Å². The van der Waals surface area contributed by atoms with Crippen LogP contribution in [-0.4, -0.2) is 52.6 Å². The minimum atomic E-state index is -1.20. The summed E-state index contributed by atoms with van der Waals surface area (Å²) in [6.45, 7) is 6.66. The van der Waals surface area contributed by atoms with Crippen molar-refractivity contribution in [3.8, 4) is 0 Å². The number of methoxy groups -OCH3 is 1. The number of carbonyl (C=O) groups is 3. The molecule has 3 atom stereocenters. The minimum Gasteiger partial charge on any atom is -0.481 e. The molecule has 1 unspecified atom stereocenters. The van der Waals surface area contributed by atoms with Crippen LogP contribution < -0.4 is 11.1 Å². The Labute approximate surface area is 153 Å². The fraction of sp³-hybridized carbons (Fsp3) is 0.824. The summed E-state index contributed by atoms with van der Waals surface area (Å²) in [6.07, 6.45) is 4.02. The molecule has 25 heavy (non-hydrogen) atoms. The van der Waals surface area contributed by atoms with Crippen molar-refractivity contribution in [1.82, 2.24) is 5.32 Å². The first-order valence-electron chi connectivity index (χ1n) is 8.52. The SMILES string of the molecule is COC(=O)[C@H](CSC1(C)CCCCC1(C)C)NC(=O)[C@@H](N)CC(=O)O. The Morgan fingerprint density at radius 3 is 2.36 bits per heavy atom. The second-order valence-electron chi connectivity index (χ2n) is 7.42. The Morgan fingerprint density at radius 1 is 1.24 bits per heavy atom. The highest BCUT2D eigenvalue weighted by Gasteiger charge is 2.44. The molecule has 0 saturated heterocycles. The number of nitrogens with one attached hydrogen (secondary N) is 1. The molecule has 1 fully saturated rings. The number of rotatable bonds is 8. The Morgan fingerprint density at radius 2 is 1.84 bits per heavy atom. The molecule has 1 aliphatic carbocycles. The van der Waals surface area contributed by atoms with Crippen molar-refractivity contribution < 1.29 is 24.2 Å². The number of hydrogen-bond donors (Lipinski definition) is 3. The summed E-state index contributed by atoms with van der Waals surface area (Å²) in [5.74, 6) is -2.02. The van der Waals surface area contributed by atoms with Crippen LogP contribution in [0.3, 0.4) is 0 Å². The van der Waals surface area contributed by atoms with Crippen LogP contribution in [-0.2, 0) is 19.1 Å². The zero-order valence-electron chi connectivity index (χ0n) is 15.5. The van der Waals surface area contributed by atoms with Crippen LogP contribution in [0.4, 0.5) is 0 Å². The van der Waals surface area contributed by atoms with Crippen molar-refractivity contribution >= 4 is 29.6 Å². The molecule has 0 radical (unpaired) electrons. The predicted octanol–water partition coefficient (Wildman–Crippen LogP) is 1.54. The van der Waals surface area contributed by atoms with Crippen molar-refractivity contribution in [2.75, 3.05) is 12.9 Å². The Hall–Kier alpha value is -1.28. The summed E-state index contributed by atoms with van der Waals surface area (Å²) < 4.78 is 4.77. The van der Waals surface area contributed by atoms with Crippen LogP contribution in [0, 0.1) is 5.41 Å². The highest BCUT2D eigenvalue weighted by Crippen LogP contribution is 2.51. The number of carboxylic acid groups (broad SMARTS) is 1. The molecule has 0 aromatic carbocycles. The highest BCUT2D eigenvalue weighted by atomic mass is 32.2. The smallest absolute Gasteiger partial charge is 0.329 e. The first-order chi connectivity index (χ1) is 11.5. The number of thioether (sulfide) groups is 1. The molecular weight excluding hydrogens is 344 g/mol. The molecule has 0 aliphatic heterocycles. The highest BCUT2D eigenvalue weighted by molar-refractivity contribution is 8.00. The zero-order valence-corrected chi connectivity index (χ0v) is 16.3. The largest absolute Gasteiger partial charge is 0.481 e. The fourth-order valence-electron chi connectivity index (χ4n) is 3.04. The van der Waals surface area contributed by atoms with E-state index in [0.717, 1.165) is 19.3 Å².